The predicted molar refractivity (Wildman–Crippen MR) is 184 cm³/mol. The van der Waals surface area contributed by atoms with E-state index in [1.165, 1.54) is 23.9 Å². The number of fused-ring (bicyclic) bond motifs is 1. The fraction of sp³-hybridized carbons (Fsp3) is 0.229. The smallest absolute Gasteiger partial charge is 0.282 e. The third-order valence-corrected chi connectivity index (χ3v) is 9.38. The van der Waals surface area contributed by atoms with Crippen molar-refractivity contribution in [3.05, 3.63) is 114 Å². The minimum Gasteiger partial charge on any atom is -0.494 e. The van der Waals surface area contributed by atoms with Crippen LogP contribution in [0.15, 0.2) is 85.6 Å². The van der Waals surface area contributed by atoms with Gasteiger partial charge in [0, 0.05) is 15.6 Å². The lowest BCUT2D eigenvalue weighted by Gasteiger charge is -2.18. The highest BCUT2D eigenvalue weighted by atomic mass is 79.9. The molecule has 4 aromatic carbocycles. The number of aromatic nitrogens is 2. The molecule has 0 amide bonds. The van der Waals surface area contributed by atoms with Crippen LogP contribution in [0.2, 0.25) is 0 Å². The molecule has 1 aromatic heterocycles. The molecule has 0 atom stereocenters. The number of hydrogen-bond donors (Lipinski definition) is 0. The number of rotatable bonds is 10. The third-order valence-electron chi connectivity index (χ3n) is 7.23. The number of halogens is 3. The van der Waals surface area contributed by atoms with Crippen LogP contribution in [0, 0.1) is 12.7 Å². The molecule has 0 saturated heterocycles. The summed E-state index contributed by atoms with van der Waals surface area (Å²) < 4.78 is 33.8. The average Bonchev–Trinajstić information content (AvgIpc) is 3.02. The van der Waals surface area contributed by atoms with Crippen molar-refractivity contribution in [3.8, 4) is 28.6 Å². The zero-order valence-electron chi connectivity index (χ0n) is 25.5. The topological polar surface area (TPSA) is 74.9 Å². The van der Waals surface area contributed by atoms with Gasteiger partial charge in [0.15, 0.2) is 17.3 Å². The van der Waals surface area contributed by atoms with Crippen molar-refractivity contribution in [1.29, 1.82) is 0 Å². The van der Waals surface area contributed by atoms with Gasteiger partial charge in [-0.3, -0.25) is 4.79 Å². The van der Waals surface area contributed by atoms with E-state index in [1.807, 2.05) is 38.1 Å². The van der Waals surface area contributed by atoms with Crippen molar-refractivity contribution >= 4 is 49.0 Å². The molecule has 0 radical (unpaired) electrons. The summed E-state index contributed by atoms with van der Waals surface area (Å²) in [6.07, 6.45) is 1.57. The molecule has 0 bridgehead atoms. The Labute approximate surface area is 277 Å². The molecule has 0 aliphatic rings. The van der Waals surface area contributed by atoms with Gasteiger partial charge < -0.3 is 14.2 Å². The SMILES string of the molecule is CCOc1cc(C)c(-c2nc3ccccc3c(=O)n2N=Cc2cc(OC)c(OCc3cccc(F)c3)c(Br)c2Br)cc1C(C)C. The number of para-hydroxylation sites is 1. The van der Waals surface area contributed by atoms with Crippen molar-refractivity contribution in [2.75, 3.05) is 13.7 Å². The average molecular weight is 737 g/mol. The molecule has 0 saturated carbocycles. The van der Waals surface area contributed by atoms with Gasteiger partial charge in [0.1, 0.15) is 18.2 Å². The summed E-state index contributed by atoms with van der Waals surface area (Å²) in [6.45, 7) is 8.81. The lowest BCUT2D eigenvalue weighted by atomic mass is 9.96. The van der Waals surface area contributed by atoms with Crippen LogP contribution in [-0.4, -0.2) is 29.6 Å². The molecule has 45 heavy (non-hydrogen) atoms. The van der Waals surface area contributed by atoms with Gasteiger partial charge in [-0.1, -0.05) is 38.1 Å². The monoisotopic (exact) mass is 735 g/mol. The van der Waals surface area contributed by atoms with Gasteiger partial charge in [-0.2, -0.15) is 9.78 Å². The maximum atomic E-state index is 13.9. The van der Waals surface area contributed by atoms with Gasteiger partial charge in [-0.25, -0.2) is 9.37 Å². The van der Waals surface area contributed by atoms with E-state index in [0.717, 1.165) is 22.4 Å². The van der Waals surface area contributed by atoms with E-state index in [4.69, 9.17) is 19.2 Å². The van der Waals surface area contributed by atoms with E-state index >= 15 is 0 Å². The number of benzene rings is 4. The largest absolute Gasteiger partial charge is 0.494 e. The minimum atomic E-state index is -0.339. The van der Waals surface area contributed by atoms with Crippen LogP contribution in [-0.2, 0) is 6.61 Å². The quantitative estimate of drug-likeness (QED) is 0.134. The third kappa shape index (κ3) is 6.82. The second-order valence-corrected chi connectivity index (χ2v) is 12.2. The van der Waals surface area contributed by atoms with Gasteiger partial charge in [-0.05, 0) is 111 Å². The van der Waals surface area contributed by atoms with Crippen molar-refractivity contribution in [2.45, 2.75) is 40.2 Å². The van der Waals surface area contributed by atoms with Crippen LogP contribution in [0.5, 0.6) is 17.2 Å². The van der Waals surface area contributed by atoms with Crippen molar-refractivity contribution in [2.24, 2.45) is 5.10 Å². The number of aryl methyl sites for hydroxylation is 1. The number of ether oxygens (including phenoxy) is 3. The molecule has 0 fully saturated rings. The van der Waals surface area contributed by atoms with Crippen LogP contribution in [0.25, 0.3) is 22.3 Å². The summed E-state index contributed by atoms with van der Waals surface area (Å²) in [4.78, 5) is 18.8. The Morgan fingerprint density at radius 3 is 2.49 bits per heavy atom. The maximum absolute atomic E-state index is 13.9. The molecule has 0 aliphatic carbocycles. The molecule has 7 nitrogen and oxygen atoms in total. The summed E-state index contributed by atoms with van der Waals surface area (Å²) in [5.41, 5.74) is 4.26. The molecule has 10 heteroatoms. The Kier molecular flexibility index (Phi) is 10.0. The van der Waals surface area contributed by atoms with Crippen LogP contribution in [0.4, 0.5) is 4.39 Å². The summed E-state index contributed by atoms with van der Waals surface area (Å²) >= 11 is 7.24. The van der Waals surface area contributed by atoms with Crippen molar-refractivity contribution in [3.63, 3.8) is 0 Å². The molecule has 232 valence electrons. The number of hydrogen-bond acceptors (Lipinski definition) is 6. The zero-order valence-corrected chi connectivity index (χ0v) is 28.7. The lowest BCUT2D eigenvalue weighted by Crippen LogP contribution is -2.21. The first-order chi connectivity index (χ1) is 21.6. The van der Waals surface area contributed by atoms with Gasteiger partial charge in [-0.15, -0.1) is 0 Å². The molecule has 0 N–H and O–H groups in total. The van der Waals surface area contributed by atoms with E-state index < -0.39 is 0 Å². The molecular weight excluding hydrogens is 705 g/mol. The highest BCUT2D eigenvalue weighted by molar-refractivity contribution is 9.13. The van der Waals surface area contributed by atoms with Crippen molar-refractivity contribution in [1.82, 2.24) is 9.66 Å². The second kappa shape index (κ2) is 14.0. The molecule has 0 spiro atoms. The van der Waals surface area contributed by atoms with Crippen LogP contribution in [0.3, 0.4) is 0 Å². The Morgan fingerprint density at radius 1 is 1.00 bits per heavy atom. The zero-order chi connectivity index (χ0) is 32.2. The predicted octanol–water partition coefficient (Wildman–Crippen LogP) is 9.03. The van der Waals surface area contributed by atoms with E-state index in [2.05, 4.69) is 50.8 Å². The molecule has 1 heterocycles. The van der Waals surface area contributed by atoms with E-state index in [-0.39, 0.29) is 23.9 Å². The Balaban J connectivity index is 1.62. The van der Waals surface area contributed by atoms with E-state index in [9.17, 15) is 9.18 Å². The number of nitrogens with zero attached hydrogens (tertiary/aromatic N) is 3. The number of methoxy groups -OCH3 is 1. The summed E-state index contributed by atoms with van der Waals surface area (Å²) in [6, 6.07) is 19.2. The normalized spacial score (nSPS) is 11.5. The van der Waals surface area contributed by atoms with Crippen LogP contribution >= 0.6 is 31.9 Å². The molecule has 0 unspecified atom stereocenters. The van der Waals surface area contributed by atoms with Gasteiger partial charge in [0.25, 0.3) is 5.56 Å². The fourth-order valence-electron chi connectivity index (χ4n) is 4.96. The second-order valence-electron chi connectivity index (χ2n) is 10.7. The Hall–Kier alpha value is -4.02. The lowest BCUT2D eigenvalue weighted by molar-refractivity contribution is 0.282. The van der Waals surface area contributed by atoms with Crippen LogP contribution in [0.1, 0.15) is 48.9 Å². The summed E-state index contributed by atoms with van der Waals surface area (Å²) in [5, 5.41) is 5.13. The van der Waals surface area contributed by atoms with Crippen LogP contribution < -0.4 is 19.8 Å². The minimum absolute atomic E-state index is 0.133. The Bertz CT molecular complexity index is 1970. The first kappa shape index (κ1) is 32.4. The van der Waals surface area contributed by atoms with Gasteiger partial charge >= 0.3 is 0 Å². The standard InChI is InChI=1S/C35H32Br2FN3O4/c1-6-44-29-14-21(4)27(17-26(29)20(2)3)34-40-28-13-8-7-12-25(28)35(42)41(34)39-18-23-16-30(43-5)33(32(37)31(23)36)45-19-22-10-9-11-24(38)15-22/h7-18,20H,6,19H2,1-5H3. The maximum Gasteiger partial charge on any atom is 0.282 e. The summed E-state index contributed by atoms with van der Waals surface area (Å²) in [5.74, 6) is 1.92. The highest BCUT2D eigenvalue weighted by Crippen LogP contribution is 2.43. The first-order valence-corrected chi connectivity index (χ1v) is 16.0. The van der Waals surface area contributed by atoms with Gasteiger partial charge in [0.2, 0.25) is 0 Å². The molecule has 5 aromatic rings. The van der Waals surface area contributed by atoms with E-state index in [0.29, 0.717) is 54.9 Å². The summed E-state index contributed by atoms with van der Waals surface area (Å²) in [7, 11) is 1.53. The first-order valence-electron chi connectivity index (χ1n) is 14.4. The molecule has 5 rings (SSSR count). The van der Waals surface area contributed by atoms with Crippen molar-refractivity contribution < 1.29 is 18.6 Å². The Morgan fingerprint density at radius 2 is 1.78 bits per heavy atom. The van der Waals surface area contributed by atoms with E-state index in [1.54, 1.807) is 36.5 Å². The van der Waals surface area contributed by atoms with Gasteiger partial charge in [0.05, 0.1) is 35.3 Å². The molecule has 0 aliphatic heterocycles. The molecular formula is C35H32Br2FN3O4. The highest BCUT2D eigenvalue weighted by Gasteiger charge is 2.20. The fourth-order valence-corrected chi connectivity index (χ4v) is 5.90.